The number of nitrogens with zero attached hydrogens (tertiary/aromatic N) is 3. The van der Waals surface area contributed by atoms with E-state index in [9.17, 15) is 9.18 Å². The minimum atomic E-state index is -0.349. The number of anilines is 2. The summed E-state index contributed by atoms with van der Waals surface area (Å²) in [6.45, 7) is 8.84. The minimum absolute atomic E-state index is 0. The van der Waals surface area contributed by atoms with Gasteiger partial charge in [0.25, 0.3) is 5.91 Å². The first-order valence-corrected chi connectivity index (χ1v) is 13.4. The van der Waals surface area contributed by atoms with Crippen molar-refractivity contribution in [2.24, 2.45) is 5.41 Å². The van der Waals surface area contributed by atoms with Gasteiger partial charge in [-0.15, -0.1) is 33.9 Å². The highest BCUT2D eigenvalue weighted by Gasteiger charge is 2.36. The summed E-state index contributed by atoms with van der Waals surface area (Å²) in [6.07, 6.45) is 2.68. The fourth-order valence-electron chi connectivity index (χ4n) is 4.79. The summed E-state index contributed by atoms with van der Waals surface area (Å²) in [6, 6.07) is 5.12. The average Bonchev–Trinajstić information content (AvgIpc) is 3.26. The Labute approximate surface area is 228 Å². The van der Waals surface area contributed by atoms with Crippen LogP contribution in [0.1, 0.15) is 48.4 Å². The molecule has 35 heavy (non-hydrogen) atoms. The third kappa shape index (κ3) is 5.35. The van der Waals surface area contributed by atoms with Crippen LogP contribution < -0.4 is 16.0 Å². The quantitative estimate of drug-likeness (QED) is 0.342. The summed E-state index contributed by atoms with van der Waals surface area (Å²) in [5, 5.41) is 19.2. The molecule has 1 saturated heterocycles. The molecule has 2 aliphatic heterocycles. The number of fused-ring (bicyclic) bond motifs is 3. The molecular formula is C24H29ClFIN6OS. The Balaban J connectivity index is 0.00000289. The first kappa shape index (κ1) is 26.3. The van der Waals surface area contributed by atoms with E-state index in [0.29, 0.717) is 22.7 Å². The maximum absolute atomic E-state index is 14.8. The topological polar surface area (TPSA) is 83.9 Å². The van der Waals surface area contributed by atoms with E-state index in [1.54, 1.807) is 6.07 Å². The molecule has 2 aromatic heterocycles. The Kier molecular flexibility index (Phi) is 7.75. The second-order valence-corrected chi connectivity index (χ2v) is 12.1. The zero-order chi connectivity index (χ0) is 24.0. The van der Waals surface area contributed by atoms with Crippen LogP contribution in [0.2, 0.25) is 0 Å². The normalized spacial score (nSPS) is 18.6. The molecule has 0 bridgehead atoms. The van der Waals surface area contributed by atoms with Gasteiger partial charge in [0.1, 0.15) is 16.6 Å². The third-order valence-corrected chi connectivity index (χ3v) is 8.24. The maximum atomic E-state index is 14.8. The van der Waals surface area contributed by atoms with E-state index in [-0.39, 0.29) is 35.6 Å². The van der Waals surface area contributed by atoms with Crippen molar-refractivity contribution < 1.29 is 9.18 Å². The molecule has 4 heterocycles. The molecule has 1 amide bonds. The van der Waals surface area contributed by atoms with Crippen molar-refractivity contribution in [1.82, 2.24) is 25.4 Å². The van der Waals surface area contributed by atoms with Gasteiger partial charge < -0.3 is 20.5 Å². The van der Waals surface area contributed by atoms with Gasteiger partial charge in [-0.1, -0.05) is 13.8 Å². The van der Waals surface area contributed by atoms with Crippen LogP contribution in [0.4, 0.5) is 15.1 Å². The number of piperidine rings is 1. The molecule has 2 aliphatic rings. The Hall–Kier alpha value is -1.76. The number of carbonyl (C=O) groups excluding carboxylic acids is 1. The van der Waals surface area contributed by atoms with Crippen molar-refractivity contribution >= 4 is 62.9 Å². The molecule has 188 valence electrons. The lowest BCUT2D eigenvalue weighted by atomic mass is 9.85. The number of hydrogen-bond acceptors (Lipinski definition) is 6. The number of halogens is 3. The predicted octanol–water partition coefficient (Wildman–Crippen LogP) is 5.29. The Morgan fingerprint density at radius 2 is 2.14 bits per heavy atom. The van der Waals surface area contributed by atoms with Crippen LogP contribution in [-0.4, -0.2) is 39.8 Å². The molecule has 7 nitrogen and oxygen atoms in total. The molecule has 3 N–H and O–H groups in total. The van der Waals surface area contributed by atoms with Gasteiger partial charge in [0.15, 0.2) is 5.82 Å². The van der Waals surface area contributed by atoms with Gasteiger partial charge in [-0.3, -0.25) is 4.79 Å². The molecule has 5 rings (SSSR count). The van der Waals surface area contributed by atoms with E-state index >= 15 is 0 Å². The summed E-state index contributed by atoms with van der Waals surface area (Å²) < 4.78 is 17.7. The number of carbonyl (C=O) groups is 1. The number of benzene rings is 1. The number of hydrogen-bond donors (Lipinski definition) is 3. The average molecular weight is 631 g/mol. The van der Waals surface area contributed by atoms with Crippen LogP contribution in [0.5, 0.6) is 0 Å². The number of aryl methyl sites for hydroxylation is 1. The maximum Gasteiger partial charge on any atom is 0.254 e. The minimum Gasteiger partial charge on any atom is -0.348 e. The third-order valence-electron chi connectivity index (χ3n) is 6.43. The van der Waals surface area contributed by atoms with Crippen molar-refractivity contribution in [3.63, 3.8) is 0 Å². The van der Waals surface area contributed by atoms with E-state index in [0.717, 1.165) is 58.1 Å². The fraction of sp³-hybridized carbons (Fsp3) is 0.458. The predicted molar refractivity (Wildman–Crippen MR) is 149 cm³/mol. The zero-order valence-electron chi connectivity index (χ0n) is 19.9. The fourth-order valence-corrected chi connectivity index (χ4v) is 6.47. The van der Waals surface area contributed by atoms with Gasteiger partial charge in [-0.2, -0.15) is 0 Å². The Morgan fingerprint density at radius 3 is 2.86 bits per heavy atom. The van der Waals surface area contributed by atoms with Crippen LogP contribution in [-0.2, 0) is 13.0 Å². The van der Waals surface area contributed by atoms with Crippen LogP contribution in [0.3, 0.4) is 0 Å². The molecule has 1 aromatic carbocycles. The highest BCUT2D eigenvalue weighted by atomic mass is 127. The molecule has 1 fully saturated rings. The molecule has 0 saturated carbocycles. The molecular weight excluding hydrogens is 602 g/mol. The zero-order valence-corrected chi connectivity index (χ0v) is 23.7. The van der Waals surface area contributed by atoms with Crippen LogP contribution in [0, 0.1) is 21.7 Å². The van der Waals surface area contributed by atoms with Gasteiger partial charge >= 0.3 is 0 Å². The summed E-state index contributed by atoms with van der Waals surface area (Å²) >= 11 is 3.54. The number of aromatic nitrogens is 3. The monoisotopic (exact) mass is 630 g/mol. The van der Waals surface area contributed by atoms with E-state index < -0.39 is 0 Å². The SMILES string of the molecule is Cc1nnc2n1CC(C)(C)Cc1c-2sc(Nc2ccc(I)cc2F)c1C(=O)NC1CCCNC1.Cl. The molecule has 0 radical (unpaired) electrons. The van der Waals surface area contributed by atoms with E-state index in [2.05, 4.69) is 67.2 Å². The summed E-state index contributed by atoms with van der Waals surface area (Å²) in [4.78, 5) is 14.6. The van der Waals surface area contributed by atoms with Gasteiger partial charge in [-0.25, -0.2) is 4.39 Å². The van der Waals surface area contributed by atoms with E-state index in [1.807, 2.05) is 13.0 Å². The second kappa shape index (κ2) is 10.3. The Morgan fingerprint density at radius 1 is 1.34 bits per heavy atom. The van der Waals surface area contributed by atoms with Crippen LogP contribution >= 0.6 is 46.3 Å². The van der Waals surface area contributed by atoms with Gasteiger partial charge in [0.05, 0.1) is 16.1 Å². The highest BCUT2D eigenvalue weighted by Crippen LogP contribution is 2.46. The van der Waals surface area contributed by atoms with Crippen LogP contribution in [0.15, 0.2) is 18.2 Å². The van der Waals surface area contributed by atoms with Gasteiger partial charge in [0.2, 0.25) is 0 Å². The largest absolute Gasteiger partial charge is 0.348 e. The van der Waals surface area contributed by atoms with Gasteiger partial charge in [-0.05, 0) is 84.5 Å². The lowest BCUT2D eigenvalue weighted by Crippen LogP contribution is -2.45. The summed E-state index contributed by atoms with van der Waals surface area (Å²) in [7, 11) is 0. The number of rotatable bonds is 4. The number of nitrogens with one attached hydrogen (secondary N) is 3. The lowest BCUT2D eigenvalue weighted by Gasteiger charge is -2.26. The first-order chi connectivity index (χ1) is 16.2. The van der Waals surface area contributed by atoms with Crippen LogP contribution in [0.25, 0.3) is 10.7 Å². The molecule has 11 heteroatoms. The van der Waals surface area contributed by atoms with Crippen molar-refractivity contribution in [2.45, 2.75) is 52.6 Å². The highest BCUT2D eigenvalue weighted by molar-refractivity contribution is 14.1. The summed E-state index contributed by atoms with van der Waals surface area (Å²) in [5.74, 6) is 1.15. The molecule has 0 aliphatic carbocycles. The lowest BCUT2D eigenvalue weighted by molar-refractivity contribution is 0.0930. The van der Waals surface area contributed by atoms with Crippen molar-refractivity contribution in [3.8, 4) is 10.7 Å². The smallest absolute Gasteiger partial charge is 0.254 e. The Bertz CT molecular complexity index is 1250. The molecule has 1 atom stereocenters. The van der Waals surface area contributed by atoms with E-state index in [4.69, 9.17) is 0 Å². The second-order valence-electron chi connectivity index (χ2n) is 9.88. The molecule has 3 aromatic rings. The van der Waals surface area contributed by atoms with Gasteiger partial charge in [0, 0.05) is 22.7 Å². The molecule has 0 spiro atoms. The van der Waals surface area contributed by atoms with Crippen molar-refractivity contribution in [2.75, 3.05) is 18.4 Å². The first-order valence-electron chi connectivity index (χ1n) is 11.5. The van der Waals surface area contributed by atoms with Crippen molar-refractivity contribution in [1.29, 1.82) is 0 Å². The van der Waals surface area contributed by atoms with E-state index in [1.165, 1.54) is 17.4 Å². The van der Waals surface area contributed by atoms with Crippen molar-refractivity contribution in [3.05, 3.63) is 44.5 Å². The standard InChI is InChI=1S/C24H28FIN6OS.ClH/c1-13-30-31-21-20-16(10-24(2,3)12-32(13)21)19(22(33)28-15-5-4-8-27-11-15)23(34-20)29-18-7-6-14(26)9-17(18)25;/h6-7,9,15,27,29H,4-5,8,10-12H2,1-3H3,(H,28,33);1H. The number of amides is 1. The number of thiophene rings is 1. The summed E-state index contributed by atoms with van der Waals surface area (Å²) in [5.41, 5.74) is 1.78. The molecule has 1 unspecified atom stereocenters.